The highest BCUT2D eigenvalue weighted by Gasteiger charge is 2.49. The molecule has 6 rings (SSSR count). The third kappa shape index (κ3) is 4.76. The highest BCUT2D eigenvalue weighted by Crippen LogP contribution is 2.55. The Morgan fingerprint density at radius 2 is 1.68 bits per heavy atom. The fourth-order valence-electron chi connectivity index (χ4n) is 7.24. The molecule has 216 valence electrons. The second-order valence-electron chi connectivity index (χ2n) is 12.6. The molecule has 41 heavy (non-hydrogen) atoms. The lowest BCUT2D eigenvalue weighted by atomic mass is 9.81. The summed E-state index contributed by atoms with van der Waals surface area (Å²) in [6.45, 7) is 8.78. The van der Waals surface area contributed by atoms with E-state index in [4.69, 9.17) is 9.47 Å². The van der Waals surface area contributed by atoms with E-state index < -0.39 is 5.79 Å². The summed E-state index contributed by atoms with van der Waals surface area (Å²) in [5.74, 6) is 0.771. The van der Waals surface area contributed by atoms with Gasteiger partial charge in [0.2, 0.25) is 0 Å². The lowest BCUT2D eigenvalue weighted by molar-refractivity contribution is -0.123. The van der Waals surface area contributed by atoms with Crippen molar-refractivity contribution in [1.29, 1.82) is 0 Å². The molecule has 2 aliphatic heterocycles. The van der Waals surface area contributed by atoms with Crippen molar-refractivity contribution >= 4 is 11.7 Å². The molecule has 2 aromatic rings. The number of ether oxygens (including phenoxy) is 2. The summed E-state index contributed by atoms with van der Waals surface area (Å²) in [6, 6.07) is 0.572. The first kappa shape index (κ1) is 27.6. The van der Waals surface area contributed by atoms with Crippen LogP contribution in [0.4, 0.5) is 0 Å². The molecular formula is C33H40N4O4. The standard InChI is InChI=1S/C33H40N4O4/c1-19-13-20(2)26(27(38)14-19)17-37-12-11-25-28(32(37)39)21(3)30-31(29(25)22-15-34-18-35-16-22)41-33(4,40-30)23-7-9-24(10-8-23)36(5)6/h13,15-16,18,23-24H,7-12,14,17H2,1-6H3/t23?,24?,33-/m0/s1. The monoisotopic (exact) mass is 556 g/mol. The van der Waals surface area contributed by atoms with Crippen molar-refractivity contribution in [2.45, 2.75) is 78.0 Å². The van der Waals surface area contributed by atoms with Crippen LogP contribution < -0.4 is 9.47 Å². The number of rotatable bonds is 5. The largest absolute Gasteiger partial charge is 0.448 e. The molecule has 1 fully saturated rings. The van der Waals surface area contributed by atoms with E-state index in [9.17, 15) is 9.59 Å². The Morgan fingerprint density at radius 1 is 1.00 bits per heavy atom. The van der Waals surface area contributed by atoms with Crippen molar-refractivity contribution in [2.24, 2.45) is 5.92 Å². The lowest BCUT2D eigenvalue weighted by Gasteiger charge is -2.39. The normalized spacial score (nSPS) is 26.0. The molecule has 1 aromatic carbocycles. The molecule has 1 atom stereocenters. The van der Waals surface area contributed by atoms with Gasteiger partial charge in [0.05, 0.1) is 5.56 Å². The molecule has 8 heteroatoms. The number of benzene rings is 1. The van der Waals surface area contributed by atoms with E-state index in [1.807, 2.05) is 32.6 Å². The maximum absolute atomic E-state index is 14.2. The van der Waals surface area contributed by atoms with E-state index in [0.29, 0.717) is 49.0 Å². The molecular weight excluding hydrogens is 516 g/mol. The van der Waals surface area contributed by atoms with E-state index in [1.165, 1.54) is 6.33 Å². The van der Waals surface area contributed by atoms with Gasteiger partial charge in [-0.25, -0.2) is 9.97 Å². The van der Waals surface area contributed by atoms with Crippen LogP contribution in [0.1, 0.15) is 74.4 Å². The van der Waals surface area contributed by atoms with Gasteiger partial charge in [-0.15, -0.1) is 0 Å². The second-order valence-corrected chi connectivity index (χ2v) is 12.6. The van der Waals surface area contributed by atoms with Crippen LogP contribution in [0.5, 0.6) is 11.5 Å². The molecule has 0 bridgehead atoms. The van der Waals surface area contributed by atoms with Gasteiger partial charge in [0.25, 0.3) is 11.7 Å². The number of carbonyl (C=O) groups is 2. The summed E-state index contributed by atoms with van der Waals surface area (Å²) >= 11 is 0. The van der Waals surface area contributed by atoms with Gasteiger partial charge < -0.3 is 19.3 Å². The highest BCUT2D eigenvalue weighted by atomic mass is 16.7. The maximum Gasteiger partial charge on any atom is 0.254 e. The zero-order valence-corrected chi connectivity index (χ0v) is 25.0. The number of Topliss-reactive ketones (excluding diaryl/α,β-unsaturated/α-hetero) is 1. The average molecular weight is 557 g/mol. The van der Waals surface area contributed by atoms with Crippen molar-refractivity contribution in [3.8, 4) is 22.6 Å². The number of aromatic nitrogens is 2. The second kappa shape index (κ2) is 10.4. The number of hydrogen-bond acceptors (Lipinski definition) is 7. The van der Waals surface area contributed by atoms with Gasteiger partial charge in [-0.3, -0.25) is 9.59 Å². The number of carbonyl (C=O) groups excluding carboxylic acids is 2. The zero-order valence-electron chi connectivity index (χ0n) is 25.0. The fraction of sp³-hybridized carbons (Fsp3) is 0.515. The summed E-state index contributed by atoms with van der Waals surface area (Å²) in [5, 5.41) is 0. The van der Waals surface area contributed by atoms with E-state index >= 15 is 0 Å². The van der Waals surface area contributed by atoms with Crippen molar-refractivity contribution in [2.75, 3.05) is 27.2 Å². The Hall–Kier alpha value is -3.52. The van der Waals surface area contributed by atoms with Gasteiger partial charge >= 0.3 is 0 Å². The van der Waals surface area contributed by atoms with Crippen LogP contribution in [-0.2, 0) is 11.2 Å². The Kier molecular flexibility index (Phi) is 7.00. The quantitative estimate of drug-likeness (QED) is 0.495. The van der Waals surface area contributed by atoms with Crippen LogP contribution in [0.15, 0.2) is 41.5 Å². The Labute approximate surface area is 242 Å². The molecule has 3 heterocycles. The fourth-order valence-corrected chi connectivity index (χ4v) is 7.24. The first-order chi connectivity index (χ1) is 19.6. The van der Waals surface area contributed by atoms with E-state index in [1.54, 1.807) is 12.4 Å². The van der Waals surface area contributed by atoms with E-state index in [0.717, 1.165) is 64.7 Å². The van der Waals surface area contributed by atoms with E-state index in [2.05, 4.69) is 35.0 Å². The number of hydrogen-bond donors (Lipinski definition) is 0. The molecule has 8 nitrogen and oxygen atoms in total. The number of ketones is 1. The average Bonchev–Trinajstić information content (AvgIpc) is 3.31. The lowest BCUT2D eigenvalue weighted by Crippen LogP contribution is -2.46. The van der Waals surface area contributed by atoms with Gasteiger partial charge in [0.15, 0.2) is 17.3 Å². The van der Waals surface area contributed by atoms with Gasteiger partial charge in [-0.1, -0.05) is 11.6 Å². The molecule has 0 unspecified atom stereocenters. The Balaban J connectivity index is 1.39. The zero-order chi connectivity index (χ0) is 29.1. The molecule has 0 radical (unpaired) electrons. The van der Waals surface area contributed by atoms with Crippen LogP contribution in [0, 0.1) is 12.8 Å². The van der Waals surface area contributed by atoms with E-state index in [-0.39, 0.29) is 17.6 Å². The molecule has 4 aliphatic rings. The SMILES string of the molecule is CC1=CC(C)=C(CN2CCc3c(c(C)c4c(c3-c3cncnc3)O[C@@](C)(C3CCC(N(C)C)CC3)O4)C2=O)C(=O)C1. The molecule has 0 N–H and O–H groups in total. The molecule has 0 spiro atoms. The smallest absolute Gasteiger partial charge is 0.254 e. The van der Waals surface area contributed by atoms with Crippen molar-refractivity contribution < 1.29 is 19.1 Å². The summed E-state index contributed by atoms with van der Waals surface area (Å²) in [6.07, 6.45) is 12.4. The van der Waals surface area contributed by atoms with Crippen LogP contribution in [0.2, 0.25) is 0 Å². The summed E-state index contributed by atoms with van der Waals surface area (Å²) in [5.41, 5.74) is 6.78. The van der Waals surface area contributed by atoms with Gasteiger partial charge in [-0.05, 0) is 78.1 Å². The van der Waals surface area contributed by atoms with Gasteiger partial charge in [0, 0.05) is 73.1 Å². The molecule has 2 aliphatic carbocycles. The minimum absolute atomic E-state index is 0.0762. The summed E-state index contributed by atoms with van der Waals surface area (Å²) in [4.78, 5) is 39.8. The van der Waals surface area contributed by atoms with Crippen molar-refractivity contribution in [1.82, 2.24) is 19.8 Å². The number of fused-ring (bicyclic) bond motifs is 2. The van der Waals surface area contributed by atoms with Crippen LogP contribution in [0.3, 0.4) is 0 Å². The van der Waals surface area contributed by atoms with Gasteiger partial charge in [0.1, 0.15) is 6.33 Å². The summed E-state index contributed by atoms with van der Waals surface area (Å²) < 4.78 is 13.6. The molecule has 0 saturated heterocycles. The third-order valence-electron chi connectivity index (χ3n) is 9.58. The minimum atomic E-state index is -0.817. The predicted molar refractivity (Wildman–Crippen MR) is 157 cm³/mol. The number of nitrogens with zero attached hydrogens (tertiary/aromatic N) is 4. The third-order valence-corrected chi connectivity index (χ3v) is 9.58. The highest BCUT2D eigenvalue weighted by molar-refractivity contribution is 6.04. The van der Waals surface area contributed by atoms with Crippen LogP contribution >= 0.6 is 0 Å². The topological polar surface area (TPSA) is 84.9 Å². The Morgan fingerprint density at radius 3 is 2.34 bits per heavy atom. The maximum atomic E-state index is 14.2. The molecule has 1 amide bonds. The molecule has 1 saturated carbocycles. The predicted octanol–water partition coefficient (Wildman–Crippen LogP) is 5.29. The van der Waals surface area contributed by atoms with Crippen LogP contribution in [-0.4, -0.2) is 70.5 Å². The van der Waals surface area contributed by atoms with Crippen molar-refractivity contribution in [3.63, 3.8) is 0 Å². The first-order valence-electron chi connectivity index (χ1n) is 14.8. The summed E-state index contributed by atoms with van der Waals surface area (Å²) in [7, 11) is 4.29. The Bertz CT molecular complexity index is 1470. The minimum Gasteiger partial charge on any atom is -0.448 e. The number of amides is 1. The van der Waals surface area contributed by atoms with Crippen molar-refractivity contribution in [3.05, 3.63) is 58.2 Å². The molecule has 1 aromatic heterocycles. The van der Waals surface area contributed by atoms with Gasteiger partial charge in [-0.2, -0.15) is 0 Å². The number of allylic oxidation sites excluding steroid dienone is 3. The van der Waals surface area contributed by atoms with Crippen LogP contribution in [0.25, 0.3) is 11.1 Å². The first-order valence-corrected chi connectivity index (χ1v) is 14.8.